The summed E-state index contributed by atoms with van der Waals surface area (Å²) in [5.74, 6) is 0.145. The quantitative estimate of drug-likeness (QED) is 0.767. The minimum absolute atomic E-state index is 0.0838. The van der Waals surface area contributed by atoms with Crippen molar-refractivity contribution in [2.75, 3.05) is 10.2 Å². The van der Waals surface area contributed by atoms with Crippen molar-refractivity contribution in [3.8, 4) is 0 Å². The van der Waals surface area contributed by atoms with E-state index in [1.165, 1.54) is 24.0 Å². The Labute approximate surface area is 156 Å². The van der Waals surface area contributed by atoms with Gasteiger partial charge in [-0.3, -0.25) is 4.79 Å². The normalized spacial score (nSPS) is 15.5. The number of amides is 1. The second-order valence-electron chi connectivity index (χ2n) is 6.63. The van der Waals surface area contributed by atoms with Crippen LogP contribution >= 0.6 is 0 Å². The van der Waals surface area contributed by atoms with Gasteiger partial charge in [0, 0.05) is 24.3 Å². The van der Waals surface area contributed by atoms with Gasteiger partial charge < -0.3 is 10.2 Å². The Hall–Kier alpha value is -3.28. The number of benzene rings is 2. The van der Waals surface area contributed by atoms with Crippen LogP contribution in [0.1, 0.15) is 28.5 Å². The number of carbonyl (C=O) groups excluding carboxylic acids is 1. The summed E-state index contributed by atoms with van der Waals surface area (Å²) in [6, 6.07) is 15.9. The fourth-order valence-electron chi connectivity index (χ4n) is 3.36. The third kappa shape index (κ3) is 3.51. The van der Waals surface area contributed by atoms with Crippen LogP contribution in [0.3, 0.4) is 0 Å². The zero-order chi connectivity index (χ0) is 18.8. The lowest BCUT2D eigenvalue weighted by atomic mass is 10.1. The number of nitrogens with zero attached hydrogens (tertiary/aromatic N) is 3. The molecule has 1 N–H and O–H groups in total. The summed E-state index contributed by atoms with van der Waals surface area (Å²) in [4.78, 5) is 23.2. The minimum Gasteiger partial charge on any atom is -0.366 e. The predicted octanol–water partition coefficient (Wildman–Crippen LogP) is 3.82. The van der Waals surface area contributed by atoms with Crippen molar-refractivity contribution in [1.82, 2.24) is 9.97 Å². The molecule has 27 heavy (non-hydrogen) atoms. The summed E-state index contributed by atoms with van der Waals surface area (Å²) in [5.41, 5.74) is 3.37. The van der Waals surface area contributed by atoms with Crippen molar-refractivity contribution in [1.29, 1.82) is 0 Å². The van der Waals surface area contributed by atoms with Crippen molar-refractivity contribution in [2.45, 2.75) is 25.9 Å². The summed E-state index contributed by atoms with van der Waals surface area (Å²) in [7, 11) is 0. The van der Waals surface area contributed by atoms with Gasteiger partial charge in [0.2, 0.25) is 0 Å². The zero-order valence-corrected chi connectivity index (χ0v) is 14.9. The summed E-state index contributed by atoms with van der Waals surface area (Å²) >= 11 is 0. The third-order valence-electron chi connectivity index (χ3n) is 4.70. The molecule has 0 spiro atoms. The van der Waals surface area contributed by atoms with E-state index in [0.29, 0.717) is 18.1 Å². The van der Waals surface area contributed by atoms with Crippen LogP contribution in [0.15, 0.2) is 60.9 Å². The first-order chi connectivity index (χ1) is 13.1. The Morgan fingerprint density at radius 1 is 1.19 bits per heavy atom. The molecule has 1 atom stereocenters. The number of carbonyl (C=O) groups is 1. The average molecular weight is 362 g/mol. The van der Waals surface area contributed by atoms with Crippen molar-refractivity contribution in [3.63, 3.8) is 0 Å². The number of hydrogen-bond donors (Lipinski definition) is 1. The number of aromatic nitrogens is 2. The Balaban J connectivity index is 1.52. The van der Waals surface area contributed by atoms with E-state index in [1.54, 1.807) is 23.1 Å². The first-order valence-electron chi connectivity index (χ1n) is 8.83. The summed E-state index contributed by atoms with van der Waals surface area (Å²) in [5, 5.41) is 3.15. The van der Waals surface area contributed by atoms with E-state index in [-0.39, 0.29) is 17.8 Å². The molecule has 2 heterocycles. The molecule has 3 aromatic rings. The summed E-state index contributed by atoms with van der Waals surface area (Å²) in [6.45, 7) is 2.51. The fraction of sp³-hybridized carbons (Fsp3) is 0.190. The van der Waals surface area contributed by atoms with Crippen molar-refractivity contribution >= 4 is 17.4 Å². The SMILES string of the molecule is CC1Cc2ccccc2N1C(=O)c1cc(NCc2ccc(F)cc2)ncn1. The lowest BCUT2D eigenvalue weighted by Crippen LogP contribution is -2.36. The smallest absolute Gasteiger partial charge is 0.277 e. The highest BCUT2D eigenvalue weighted by Crippen LogP contribution is 2.32. The molecular formula is C21H19FN4O. The van der Waals surface area contributed by atoms with Crippen molar-refractivity contribution in [3.05, 3.63) is 83.6 Å². The van der Waals surface area contributed by atoms with Crippen LogP contribution in [0.2, 0.25) is 0 Å². The lowest BCUT2D eigenvalue weighted by molar-refractivity contribution is 0.0976. The summed E-state index contributed by atoms with van der Waals surface area (Å²) in [6.07, 6.45) is 2.22. The molecule has 136 valence electrons. The molecule has 0 saturated carbocycles. The number of rotatable bonds is 4. The molecule has 0 radical (unpaired) electrons. The molecule has 1 aromatic heterocycles. The van der Waals surface area contributed by atoms with Gasteiger partial charge in [-0.05, 0) is 42.7 Å². The Kier molecular flexibility index (Phi) is 4.54. The van der Waals surface area contributed by atoms with Crippen molar-refractivity contribution in [2.24, 2.45) is 0 Å². The Morgan fingerprint density at radius 2 is 1.96 bits per heavy atom. The Bertz CT molecular complexity index is 974. The molecule has 1 aliphatic heterocycles. The van der Waals surface area contributed by atoms with E-state index < -0.39 is 0 Å². The molecule has 1 amide bonds. The number of nitrogens with one attached hydrogen (secondary N) is 1. The van der Waals surface area contributed by atoms with Crippen LogP contribution in [0.4, 0.5) is 15.9 Å². The van der Waals surface area contributed by atoms with E-state index in [0.717, 1.165) is 17.7 Å². The molecule has 1 aliphatic rings. The third-order valence-corrected chi connectivity index (χ3v) is 4.70. The van der Waals surface area contributed by atoms with Gasteiger partial charge in [-0.2, -0.15) is 0 Å². The van der Waals surface area contributed by atoms with E-state index >= 15 is 0 Å². The zero-order valence-electron chi connectivity index (χ0n) is 14.9. The highest BCUT2D eigenvalue weighted by molar-refractivity contribution is 6.06. The topological polar surface area (TPSA) is 58.1 Å². The first-order valence-corrected chi connectivity index (χ1v) is 8.83. The number of fused-ring (bicyclic) bond motifs is 1. The van der Waals surface area contributed by atoms with Crippen molar-refractivity contribution < 1.29 is 9.18 Å². The molecule has 0 saturated heterocycles. The highest BCUT2D eigenvalue weighted by atomic mass is 19.1. The van der Waals surface area contributed by atoms with Gasteiger partial charge in [-0.1, -0.05) is 30.3 Å². The van der Waals surface area contributed by atoms with Gasteiger partial charge >= 0.3 is 0 Å². The van der Waals surface area contributed by atoms with E-state index in [2.05, 4.69) is 21.4 Å². The number of halogens is 1. The van der Waals surface area contributed by atoms with Crippen LogP contribution in [-0.2, 0) is 13.0 Å². The molecule has 0 aliphatic carbocycles. The standard InChI is InChI=1S/C21H19FN4O/c1-14-10-16-4-2-3-5-19(16)26(14)21(27)18-11-20(25-13-24-18)23-12-15-6-8-17(22)9-7-15/h2-9,11,13-14H,10,12H2,1H3,(H,23,24,25). The Morgan fingerprint density at radius 3 is 2.78 bits per heavy atom. The number of para-hydroxylation sites is 1. The van der Waals surface area contributed by atoms with Gasteiger partial charge in [0.05, 0.1) is 0 Å². The van der Waals surface area contributed by atoms with Crippen LogP contribution in [0.5, 0.6) is 0 Å². The molecular weight excluding hydrogens is 343 g/mol. The van der Waals surface area contributed by atoms with Crippen LogP contribution in [-0.4, -0.2) is 21.9 Å². The summed E-state index contributed by atoms with van der Waals surface area (Å²) < 4.78 is 13.0. The van der Waals surface area contributed by atoms with E-state index in [4.69, 9.17) is 0 Å². The van der Waals surface area contributed by atoms with Crippen LogP contribution in [0.25, 0.3) is 0 Å². The highest BCUT2D eigenvalue weighted by Gasteiger charge is 2.31. The predicted molar refractivity (Wildman–Crippen MR) is 102 cm³/mol. The maximum absolute atomic E-state index is 13.1. The molecule has 0 fully saturated rings. The fourth-order valence-corrected chi connectivity index (χ4v) is 3.36. The molecule has 2 aromatic carbocycles. The van der Waals surface area contributed by atoms with E-state index in [9.17, 15) is 9.18 Å². The van der Waals surface area contributed by atoms with Gasteiger partial charge in [-0.15, -0.1) is 0 Å². The minimum atomic E-state index is -0.270. The second kappa shape index (κ2) is 7.15. The molecule has 1 unspecified atom stereocenters. The van der Waals surface area contributed by atoms with Gasteiger partial charge in [0.1, 0.15) is 23.7 Å². The molecule has 0 bridgehead atoms. The van der Waals surface area contributed by atoms with Crippen LogP contribution in [0, 0.1) is 5.82 Å². The number of hydrogen-bond acceptors (Lipinski definition) is 4. The second-order valence-corrected chi connectivity index (χ2v) is 6.63. The maximum atomic E-state index is 13.1. The number of anilines is 2. The average Bonchev–Trinajstić information content (AvgIpc) is 3.03. The van der Waals surface area contributed by atoms with Gasteiger partial charge in [0.15, 0.2) is 0 Å². The maximum Gasteiger partial charge on any atom is 0.277 e. The first kappa shape index (κ1) is 17.1. The largest absolute Gasteiger partial charge is 0.366 e. The molecule has 4 rings (SSSR count). The monoisotopic (exact) mass is 362 g/mol. The lowest BCUT2D eigenvalue weighted by Gasteiger charge is -2.22. The van der Waals surface area contributed by atoms with Gasteiger partial charge in [0.25, 0.3) is 5.91 Å². The molecule has 5 nitrogen and oxygen atoms in total. The van der Waals surface area contributed by atoms with Gasteiger partial charge in [-0.25, -0.2) is 14.4 Å². The molecule has 6 heteroatoms. The van der Waals surface area contributed by atoms with Crippen LogP contribution < -0.4 is 10.2 Å². The van der Waals surface area contributed by atoms with E-state index in [1.807, 2.05) is 25.1 Å².